The van der Waals surface area contributed by atoms with Crippen LogP contribution in [0.3, 0.4) is 0 Å². The highest BCUT2D eigenvalue weighted by molar-refractivity contribution is 7.82. The predicted octanol–water partition coefficient (Wildman–Crippen LogP) is 0.316. The minimum Gasteiger partial charge on any atom is -0.504 e. The van der Waals surface area contributed by atoms with Crippen molar-refractivity contribution < 1.29 is 26.8 Å². The largest absolute Gasteiger partial charge is 0.504 e. The van der Waals surface area contributed by atoms with E-state index in [0.29, 0.717) is 0 Å². The summed E-state index contributed by atoms with van der Waals surface area (Å²) in [7, 11) is -4.35. The van der Waals surface area contributed by atoms with Crippen LogP contribution in [0.15, 0.2) is 12.1 Å². The summed E-state index contributed by atoms with van der Waals surface area (Å²) in [6.07, 6.45) is 0. The summed E-state index contributed by atoms with van der Waals surface area (Å²) in [5.74, 6) is -1.72. The molecular formula is C6H3NO7S. The standard InChI is InChI=1S/C6H3NO7S/c8-4-2-1-3(7(9)10)5-6(4)14-15(11,12)13-5/h1-2,8H. The maximum Gasteiger partial charge on any atom is 0.501 e. The molecule has 1 aliphatic rings. The predicted molar refractivity (Wildman–Crippen MR) is 44.9 cm³/mol. The van der Waals surface area contributed by atoms with Gasteiger partial charge in [0, 0.05) is 6.07 Å². The normalized spacial score (nSPS) is 16.3. The molecule has 2 rings (SSSR count). The van der Waals surface area contributed by atoms with Crippen molar-refractivity contribution in [2.24, 2.45) is 0 Å². The molecule has 1 heterocycles. The van der Waals surface area contributed by atoms with Gasteiger partial charge in [0.1, 0.15) is 0 Å². The summed E-state index contributed by atoms with van der Waals surface area (Å²) in [6.45, 7) is 0. The average Bonchev–Trinajstić information content (AvgIpc) is 2.41. The molecule has 0 spiro atoms. The molecule has 1 aromatic rings. The molecule has 1 N–H and O–H groups in total. The topological polar surface area (TPSA) is 116 Å². The summed E-state index contributed by atoms with van der Waals surface area (Å²) in [5.41, 5.74) is -0.594. The highest BCUT2D eigenvalue weighted by Gasteiger charge is 2.38. The van der Waals surface area contributed by atoms with Crippen molar-refractivity contribution in [3.8, 4) is 17.2 Å². The minimum atomic E-state index is -4.35. The van der Waals surface area contributed by atoms with Gasteiger partial charge in [0.25, 0.3) is 5.75 Å². The lowest BCUT2D eigenvalue weighted by Crippen LogP contribution is -2.08. The number of nitro benzene ring substituents is 1. The number of nitro groups is 1. The van der Waals surface area contributed by atoms with E-state index < -0.39 is 38.3 Å². The number of benzene rings is 1. The van der Waals surface area contributed by atoms with Crippen molar-refractivity contribution >= 4 is 16.1 Å². The molecule has 0 aliphatic carbocycles. The quantitative estimate of drug-likeness (QED) is 0.548. The second kappa shape index (κ2) is 2.73. The molecule has 0 bridgehead atoms. The maximum atomic E-state index is 10.8. The second-order valence-corrected chi connectivity index (χ2v) is 3.74. The molecule has 80 valence electrons. The molecule has 15 heavy (non-hydrogen) atoms. The molecular weight excluding hydrogens is 230 g/mol. The molecule has 0 unspecified atom stereocenters. The van der Waals surface area contributed by atoms with Gasteiger partial charge >= 0.3 is 16.1 Å². The Morgan fingerprint density at radius 2 is 1.87 bits per heavy atom. The van der Waals surface area contributed by atoms with Crippen LogP contribution < -0.4 is 8.37 Å². The van der Waals surface area contributed by atoms with Crippen LogP contribution in [0.25, 0.3) is 0 Å². The molecule has 8 nitrogen and oxygen atoms in total. The SMILES string of the molecule is O=[N+]([O-])c1ccc(O)c2c1OS(=O)(=O)O2. The van der Waals surface area contributed by atoms with Crippen molar-refractivity contribution in [2.45, 2.75) is 0 Å². The van der Waals surface area contributed by atoms with Gasteiger partial charge in [0.2, 0.25) is 5.75 Å². The summed E-state index contributed by atoms with van der Waals surface area (Å²) in [6, 6.07) is 1.86. The highest BCUT2D eigenvalue weighted by atomic mass is 32.3. The maximum absolute atomic E-state index is 10.8. The zero-order valence-electron chi connectivity index (χ0n) is 6.91. The van der Waals surface area contributed by atoms with Gasteiger partial charge in [-0.15, -0.1) is 8.42 Å². The highest BCUT2D eigenvalue weighted by Crippen LogP contribution is 2.48. The van der Waals surface area contributed by atoms with Gasteiger partial charge < -0.3 is 13.5 Å². The zero-order chi connectivity index (χ0) is 11.2. The molecule has 1 aromatic carbocycles. The summed E-state index contributed by atoms with van der Waals surface area (Å²) in [5, 5.41) is 19.7. The van der Waals surface area contributed by atoms with Gasteiger partial charge in [0.15, 0.2) is 5.75 Å². The number of nitrogens with zero attached hydrogens (tertiary/aromatic N) is 1. The molecule has 0 aromatic heterocycles. The first-order valence-electron chi connectivity index (χ1n) is 3.55. The van der Waals surface area contributed by atoms with E-state index >= 15 is 0 Å². The number of hydrogen-bond donors (Lipinski definition) is 1. The fraction of sp³-hybridized carbons (Fsp3) is 0. The van der Waals surface area contributed by atoms with Crippen LogP contribution in [0.4, 0.5) is 5.69 Å². The lowest BCUT2D eigenvalue weighted by atomic mass is 10.2. The third-order valence-corrected chi connectivity index (χ3v) is 2.38. The average molecular weight is 233 g/mol. The Labute approximate surface area is 83.1 Å². The second-order valence-electron chi connectivity index (χ2n) is 2.59. The molecule has 9 heteroatoms. The zero-order valence-corrected chi connectivity index (χ0v) is 7.72. The van der Waals surface area contributed by atoms with Crippen LogP contribution in [0.1, 0.15) is 0 Å². The van der Waals surface area contributed by atoms with Crippen molar-refractivity contribution in [2.75, 3.05) is 0 Å². The van der Waals surface area contributed by atoms with E-state index in [0.717, 1.165) is 12.1 Å². The van der Waals surface area contributed by atoms with Gasteiger partial charge in [-0.25, -0.2) is 0 Å². The van der Waals surface area contributed by atoms with Crippen LogP contribution >= 0.6 is 0 Å². The Balaban J connectivity index is 2.70. The Morgan fingerprint density at radius 1 is 1.27 bits per heavy atom. The Morgan fingerprint density at radius 3 is 2.47 bits per heavy atom. The van der Waals surface area contributed by atoms with Crippen LogP contribution in [0.5, 0.6) is 17.2 Å². The fourth-order valence-electron chi connectivity index (χ4n) is 1.07. The van der Waals surface area contributed by atoms with E-state index in [9.17, 15) is 23.6 Å². The number of aromatic hydroxyl groups is 1. The van der Waals surface area contributed by atoms with E-state index in [4.69, 9.17) is 0 Å². The van der Waals surface area contributed by atoms with Crippen LogP contribution in [-0.2, 0) is 10.4 Å². The molecule has 0 amide bonds. The summed E-state index contributed by atoms with van der Waals surface area (Å²) in [4.78, 5) is 9.63. The number of rotatable bonds is 1. The van der Waals surface area contributed by atoms with E-state index in [-0.39, 0.29) is 0 Å². The lowest BCUT2D eigenvalue weighted by Gasteiger charge is -1.96. The van der Waals surface area contributed by atoms with Crippen LogP contribution in [-0.4, -0.2) is 18.4 Å². The van der Waals surface area contributed by atoms with Crippen LogP contribution in [0, 0.1) is 10.1 Å². The third-order valence-electron chi connectivity index (χ3n) is 1.64. The molecule has 0 fully saturated rings. The van der Waals surface area contributed by atoms with Gasteiger partial charge in [-0.2, -0.15) is 0 Å². The van der Waals surface area contributed by atoms with Gasteiger partial charge in [-0.1, -0.05) is 0 Å². The molecule has 0 saturated heterocycles. The minimum absolute atomic E-state index is 0.545. The summed E-state index contributed by atoms with van der Waals surface area (Å²) < 4.78 is 30.1. The monoisotopic (exact) mass is 233 g/mol. The van der Waals surface area contributed by atoms with Gasteiger partial charge in [-0.05, 0) is 6.07 Å². The molecule has 0 radical (unpaired) electrons. The number of hydrogen-bond acceptors (Lipinski definition) is 7. The molecule has 0 atom stereocenters. The third kappa shape index (κ3) is 1.42. The van der Waals surface area contributed by atoms with Crippen molar-refractivity contribution in [1.82, 2.24) is 0 Å². The van der Waals surface area contributed by atoms with Crippen LogP contribution in [0.2, 0.25) is 0 Å². The smallest absolute Gasteiger partial charge is 0.501 e. The fourth-order valence-corrected chi connectivity index (χ4v) is 1.83. The number of phenolic OH excluding ortho intramolecular Hbond substituents is 1. The Kier molecular flexibility index (Phi) is 1.73. The van der Waals surface area contributed by atoms with E-state index in [1.165, 1.54) is 0 Å². The Bertz CT molecular complexity index is 549. The molecule has 0 saturated carbocycles. The van der Waals surface area contributed by atoms with E-state index in [1.807, 2.05) is 0 Å². The Hall–Kier alpha value is -2.03. The van der Waals surface area contributed by atoms with E-state index in [2.05, 4.69) is 8.37 Å². The van der Waals surface area contributed by atoms with Gasteiger partial charge in [-0.3, -0.25) is 10.1 Å². The van der Waals surface area contributed by atoms with E-state index in [1.54, 1.807) is 0 Å². The first-order valence-corrected chi connectivity index (χ1v) is 4.88. The van der Waals surface area contributed by atoms with Crippen molar-refractivity contribution in [3.63, 3.8) is 0 Å². The summed E-state index contributed by atoms with van der Waals surface area (Å²) >= 11 is 0. The lowest BCUT2D eigenvalue weighted by molar-refractivity contribution is -0.385. The first-order chi connectivity index (χ1) is 6.91. The van der Waals surface area contributed by atoms with Crippen molar-refractivity contribution in [1.29, 1.82) is 0 Å². The number of phenols is 1. The first kappa shape index (κ1) is 9.52. The molecule has 1 aliphatic heterocycles. The number of fused-ring (bicyclic) bond motifs is 1. The van der Waals surface area contributed by atoms with Gasteiger partial charge in [0.05, 0.1) is 4.92 Å². The van der Waals surface area contributed by atoms with Crippen molar-refractivity contribution in [3.05, 3.63) is 22.2 Å².